The molecule has 168 valence electrons. The number of non-ortho nitro benzene ring substituents is 1. The van der Waals surface area contributed by atoms with Crippen LogP contribution in [0.25, 0.3) is 16.9 Å². The van der Waals surface area contributed by atoms with Crippen molar-refractivity contribution in [2.45, 2.75) is 32.7 Å². The second-order valence-electron chi connectivity index (χ2n) is 7.68. The Kier molecular flexibility index (Phi) is 6.30. The highest BCUT2D eigenvalue weighted by molar-refractivity contribution is 5.90. The van der Waals surface area contributed by atoms with E-state index >= 15 is 0 Å². The number of rotatable bonds is 8. The van der Waals surface area contributed by atoms with Crippen LogP contribution in [0.3, 0.4) is 0 Å². The SMILES string of the molecule is CCCCC(=O)Nc1ccc(Cn2c(=O)n(-c3cccc([N+](=O)[O-])c3)c3ncccc32)cc1. The van der Waals surface area contributed by atoms with Gasteiger partial charge in [-0.2, -0.15) is 0 Å². The van der Waals surface area contributed by atoms with Gasteiger partial charge in [-0.05, 0) is 42.3 Å². The number of benzene rings is 2. The highest BCUT2D eigenvalue weighted by atomic mass is 16.6. The first kappa shape index (κ1) is 21.9. The number of nitrogens with one attached hydrogen (secondary N) is 1. The molecule has 2 aromatic carbocycles. The number of pyridine rings is 1. The third-order valence-corrected chi connectivity index (χ3v) is 5.33. The van der Waals surface area contributed by atoms with Gasteiger partial charge in [-0.25, -0.2) is 14.3 Å². The number of nitrogens with zero attached hydrogens (tertiary/aromatic N) is 4. The molecular formula is C24H23N5O4. The van der Waals surface area contributed by atoms with Gasteiger partial charge in [0.25, 0.3) is 5.69 Å². The third kappa shape index (κ3) is 4.67. The summed E-state index contributed by atoms with van der Waals surface area (Å²) in [6.45, 7) is 2.32. The summed E-state index contributed by atoms with van der Waals surface area (Å²) in [5.74, 6) is -0.0214. The molecule has 1 amide bonds. The van der Waals surface area contributed by atoms with Crippen molar-refractivity contribution in [2.75, 3.05) is 5.32 Å². The van der Waals surface area contributed by atoms with E-state index < -0.39 is 4.92 Å². The number of nitro benzene ring substituents is 1. The standard InChI is InChI=1S/C24H23N5O4/c1-2-3-9-22(30)26-18-12-10-17(11-13-18)16-27-21-8-5-14-25-23(21)28(24(27)31)19-6-4-7-20(15-19)29(32)33/h4-8,10-15H,2-3,9,16H2,1H3,(H,26,30). The molecule has 0 radical (unpaired) electrons. The van der Waals surface area contributed by atoms with E-state index in [2.05, 4.69) is 10.3 Å². The molecule has 33 heavy (non-hydrogen) atoms. The number of imidazole rings is 1. The summed E-state index contributed by atoms with van der Waals surface area (Å²) in [6.07, 6.45) is 3.86. The van der Waals surface area contributed by atoms with Gasteiger partial charge in [0, 0.05) is 30.4 Å². The molecule has 0 aliphatic rings. The van der Waals surface area contributed by atoms with E-state index in [1.165, 1.54) is 16.7 Å². The first-order valence-corrected chi connectivity index (χ1v) is 10.7. The second kappa shape index (κ2) is 9.47. The maximum Gasteiger partial charge on any atom is 0.335 e. The fourth-order valence-electron chi connectivity index (χ4n) is 3.65. The topological polar surface area (TPSA) is 112 Å². The molecule has 0 bridgehead atoms. The molecule has 2 heterocycles. The van der Waals surface area contributed by atoms with Crippen LogP contribution in [-0.2, 0) is 11.3 Å². The molecule has 0 spiro atoms. The van der Waals surface area contributed by atoms with Crippen LogP contribution in [0, 0.1) is 10.1 Å². The Morgan fingerprint density at radius 2 is 1.91 bits per heavy atom. The summed E-state index contributed by atoms with van der Waals surface area (Å²) in [5.41, 5.74) is 2.53. The van der Waals surface area contributed by atoms with Crippen LogP contribution < -0.4 is 11.0 Å². The van der Waals surface area contributed by atoms with Crippen LogP contribution in [0.2, 0.25) is 0 Å². The van der Waals surface area contributed by atoms with Crippen LogP contribution in [0.5, 0.6) is 0 Å². The largest absolute Gasteiger partial charge is 0.335 e. The lowest BCUT2D eigenvalue weighted by Crippen LogP contribution is -2.24. The van der Waals surface area contributed by atoms with E-state index in [0.717, 1.165) is 18.4 Å². The number of aromatic nitrogens is 3. The number of carbonyl (C=O) groups excluding carboxylic acids is 1. The zero-order valence-corrected chi connectivity index (χ0v) is 18.1. The molecule has 9 nitrogen and oxygen atoms in total. The highest BCUT2D eigenvalue weighted by Gasteiger charge is 2.17. The Morgan fingerprint density at radius 1 is 1.12 bits per heavy atom. The Labute approximate surface area is 189 Å². The van der Waals surface area contributed by atoms with E-state index in [9.17, 15) is 19.7 Å². The van der Waals surface area contributed by atoms with Crippen molar-refractivity contribution in [3.05, 3.63) is 93.0 Å². The van der Waals surface area contributed by atoms with E-state index in [0.29, 0.717) is 29.0 Å². The first-order chi connectivity index (χ1) is 16.0. The highest BCUT2D eigenvalue weighted by Crippen LogP contribution is 2.21. The maximum atomic E-state index is 13.3. The van der Waals surface area contributed by atoms with Crippen LogP contribution in [0.4, 0.5) is 11.4 Å². The fraction of sp³-hybridized carbons (Fsp3) is 0.208. The summed E-state index contributed by atoms with van der Waals surface area (Å²) in [6, 6.07) is 16.8. The minimum atomic E-state index is -0.496. The molecule has 0 aliphatic heterocycles. The van der Waals surface area contributed by atoms with Crippen LogP contribution >= 0.6 is 0 Å². The Balaban J connectivity index is 1.66. The third-order valence-electron chi connectivity index (χ3n) is 5.33. The molecule has 0 aliphatic carbocycles. The minimum Gasteiger partial charge on any atom is -0.326 e. The monoisotopic (exact) mass is 445 g/mol. The second-order valence-corrected chi connectivity index (χ2v) is 7.68. The van der Waals surface area contributed by atoms with Gasteiger partial charge in [-0.1, -0.05) is 31.5 Å². The van der Waals surface area contributed by atoms with Crippen LogP contribution in [-0.4, -0.2) is 24.9 Å². The van der Waals surface area contributed by atoms with Gasteiger partial charge in [0.05, 0.1) is 22.7 Å². The van der Waals surface area contributed by atoms with E-state index in [1.54, 1.807) is 35.0 Å². The number of carbonyl (C=O) groups is 1. The van der Waals surface area contributed by atoms with Crippen molar-refractivity contribution in [2.24, 2.45) is 0 Å². The molecule has 9 heteroatoms. The van der Waals surface area contributed by atoms with Crippen LogP contribution in [0.1, 0.15) is 31.7 Å². The van der Waals surface area contributed by atoms with Crippen molar-refractivity contribution in [1.29, 1.82) is 0 Å². The zero-order chi connectivity index (χ0) is 23.4. The van der Waals surface area contributed by atoms with Gasteiger partial charge >= 0.3 is 5.69 Å². The lowest BCUT2D eigenvalue weighted by molar-refractivity contribution is -0.384. The number of nitro groups is 1. The molecule has 4 aromatic rings. The molecule has 0 saturated heterocycles. The van der Waals surface area contributed by atoms with Crippen molar-refractivity contribution in [3.8, 4) is 5.69 Å². The summed E-state index contributed by atoms with van der Waals surface area (Å²) in [5, 5.41) is 14.1. The smallest absolute Gasteiger partial charge is 0.326 e. The van der Waals surface area contributed by atoms with Crippen molar-refractivity contribution in [3.63, 3.8) is 0 Å². The minimum absolute atomic E-state index is 0.0214. The molecular weight excluding hydrogens is 422 g/mol. The number of hydrogen-bond donors (Lipinski definition) is 1. The Hall–Kier alpha value is -4.27. The summed E-state index contributed by atoms with van der Waals surface area (Å²) >= 11 is 0. The van der Waals surface area contributed by atoms with Gasteiger partial charge in [0.15, 0.2) is 5.65 Å². The number of unbranched alkanes of at least 4 members (excludes halogenated alkanes) is 1. The predicted octanol–water partition coefficient (Wildman–Crippen LogP) is 4.27. The van der Waals surface area contributed by atoms with E-state index in [1.807, 2.05) is 31.2 Å². The molecule has 1 N–H and O–H groups in total. The van der Waals surface area contributed by atoms with Crippen LogP contribution in [0.15, 0.2) is 71.7 Å². The van der Waals surface area contributed by atoms with E-state index in [4.69, 9.17) is 0 Å². The summed E-state index contributed by atoms with van der Waals surface area (Å²) in [4.78, 5) is 40.3. The normalized spacial score (nSPS) is 10.9. The van der Waals surface area contributed by atoms with E-state index in [-0.39, 0.29) is 23.8 Å². The molecule has 2 aromatic heterocycles. The fourth-order valence-corrected chi connectivity index (χ4v) is 3.65. The average Bonchev–Trinajstić information content (AvgIpc) is 3.10. The number of anilines is 1. The lowest BCUT2D eigenvalue weighted by atomic mass is 10.2. The molecule has 0 unspecified atom stereocenters. The van der Waals surface area contributed by atoms with Gasteiger partial charge < -0.3 is 5.32 Å². The average molecular weight is 445 g/mol. The van der Waals surface area contributed by atoms with Gasteiger partial charge in [-0.3, -0.25) is 19.5 Å². The lowest BCUT2D eigenvalue weighted by Gasteiger charge is -2.07. The van der Waals surface area contributed by atoms with Gasteiger partial charge in [0.1, 0.15) is 0 Å². The Bertz CT molecular complexity index is 1370. The molecule has 4 rings (SSSR count). The zero-order valence-electron chi connectivity index (χ0n) is 18.1. The van der Waals surface area contributed by atoms with Crippen molar-refractivity contribution < 1.29 is 9.72 Å². The molecule has 0 saturated carbocycles. The summed E-state index contributed by atoms with van der Waals surface area (Å²) in [7, 11) is 0. The van der Waals surface area contributed by atoms with Crippen molar-refractivity contribution >= 4 is 28.4 Å². The number of fused-ring (bicyclic) bond motifs is 1. The molecule has 0 fully saturated rings. The summed E-state index contributed by atoms with van der Waals surface area (Å²) < 4.78 is 2.96. The molecule has 0 atom stereocenters. The van der Waals surface area contributed by atoms with Gasteiger partial charge in [-0.15, -0.1) is 0 Å². The number of hydrogen-bond acceptors (Lipinski definition) is 5. The van der Waals surface area contributed by atoms with Gasteiger partial charge in [0.2, 0.25) is 5.91 Å². The predicted molar refractivity (Wildman–Crippen MR) is 126 cm³/mol. The first-order valence-electron chi connectivity index (χ1n) is 10.7. The Morgan fingerprint density at radius 3 is 2.64 bits per heavy atom. The van der Waals surface area contributed by atoms with Crippen molar-refractivity contribution in [1.82, 2.24) is 14.1 Å². The number of amides is 1. The quantitative estimate of drug-likeness (QED) is 0.321. The maximum absolute atomic E-state index is 13.3.